The van der Waals surface area contributed by atoms with E-state index >= 15 is 0 Å². The molecule has 1 saturated heterocycles. The Labute approximate surface area is 117 Å². The van der Waals surface area contributed by atoms with Crippen molar-refractivity contribution < 1.29 is 4.79 Å². The molecule has 1 aliphatic rings. The molecule has 20 heavy (non-hydrogen) atoms. The van der Waals surface area contributed by atoms with Crippen LogP contribution >= 0.6 is 0 Å². The number of aryl methyl sites for hydroxylation is 2. The Balaban J connectivity index is 1.73. The van der Waals surface area contributed by atoms with Crippen molar-refractivity contribution in [2.45, 2.75) is 19.9 Å². The van der Waals surface area contributed by atoms with Gasteiger partial charge in [-0.25, -0.2) is 4.68 Å². The molecule has 1 fully saturated rings. The van der Waals surface area contributed by atoms with Gasteiger partial charge in [0.15, 0.2) is 5.69 Å². The molecule has 6 nitrogen and oxygen atoms in total. The first-order valence-corrected chi connectivity index (χ1v) is 6.64. The number of carbonyl (C=O) groups is 1. The second-order valence-electron chi connectivity index (χ2n) is 5.17. The number of amides is 1. The normalized spacial score (nSPS) is 14.9. The van der Waals surface area contributed by atoms with Gasteiger partial charge in [-0.1, -0.05) is 22.9 Å². The molecule has 2 N–H and O–H groups in total. The van der Waals surface area contributed by atoms with Crippen LogP contribution in [0.1, 0.15) is 27.7 Å². The van der Waals surface area contributed by atoms with Crippen molar-refractivity contribution in [3.05, 3.63) is 41.2 Å². The quantitative estimate of drug-likeness (QED) is 0.882. The van der Waals surface area contributed by atoms with Crippen molar-refractivity contribution >= 4 is 11.6 Å². The summed E-state index contributed by atoms with van der Waals surface area (Å²) in [5.41, 5.74) is 3.36. The summed E-state index contributed by atoms with van der Waals surface area (Å²) in [4.78, 5) is 12.2. The van der Waals surface area contributed by atoms with E-state index in [0.29, 0.717) is 11.7 Å². The predicted molar refractivity (Wildman–Crippen MR) is 75.8 cm³/mol. The summed E-state index contributed by atoms with van der Waals surface area (Å²) in [6, 6.07) is 6.22. The lowest BCUT2D eigenvalue weighted by molar-refractivity contribution is 0.102. The van der Waals surface area contributed by atoms with Gasteiger partial charge >= 0.3 is 0 Å². The minimum Gasteiger partial charge on any atom is -0.320 e. The number of rotatable bonds is 3. The van der Waals surface area contributed by atoms with Crippen molar-refractivity contribution in [3.8, 4) is 0 Å². The maximum Gasteiger partial charge on any atom is 0.277 e. The summed E-state index contributed by atoms with van der Waals surface area (Å²) < 4.78 is 1.74. The van der Waals surface area contributed by atoms with E-state index in [9.17, 15) is 4.79 Å². The molecular formula is C14H17N5O. The molecular weight excluding hydrogens is 254 g/mol. The molecule has 1 aliphatic heterocycles. The summed E-state index contributed by atoms with van der Waals surface area (Å²) in [6.45, 7) is 5.75. The molecule has 3 rings (SSSR count). The highest BCUT2D eigenvalue weighted by Crippen LogP contribution is 2.17. The number of nitrogens with zero attached hydrogens (tertiary/aromatic N) is 3. The Morgan fingerprint density at radius 2 is 2.20 bits per heavy atom. The van der Waals surface area contributed by atoms with Gasteiger partial charge in [-0.05, 0) is 25.5 Å². The Morgan fingerprint density at radius 3 is 2.85 bits per heavy atom. The lowest BCUT2D eigenvalue weighted by Gasteiger charge is -2.26. The van der Waals surface area contributed by atoms with Crippen LogP contribution in [0.2, 0.25) is 0 Å². The first kappa shape index (κ1) is 12.8. The molecule has 6 heteroatoms. The molecule has 0 atom stereocenters. The third-order valence-electron chi connectivity index (χ3n) is 3.51. The number of hydrogen-bond acceptors (Lipinski definition) is 4. The fourth-order valence-electron chi connectivity index (χ4n) is 2.16. The van der Waals surface area contributed by atoms with Crippen LogP contribution in [0.15, 0.2) is 24.4 Å². The standard InChI is InChI=1S/C14H17N5O/c1-9-3-4-12(10(2)5-9)16-14(20)13-8-19(18-17-13)11-6-15-7-11/h3-5,8,11,15H,6-7H2,1-2H3,(H,16,20). The molecule has 0 unspecified atom stereocenters. The fourth-order valence-corrected chi connectivity index (χ4v) is 2.16. The smallest absolute Gasteiger partial charge is 0.277 e. The van der Waals surface area contributed by atoms with Gasteiger partial charge in [-0.2, -0.15) is 0 Å². The van der Waals surface area contributed by atoms with Crippen LogP contribution in [-0.4, -0.2) is 34.0 Å². The fraction of sp³-hybridized carbons (Fsp3) is 0.357. The lowest BCUT2D eigenvalue weighted by Crippen LogP contribution is -2.43. The lowest BCUT2D eigenvalue weighted by atomic mass is 10.1. The highest BCUT2D eigenvalue weighted by Gasteiger charge is 2.21. The van der Waals surface area contributed by atoms with E-state index in [1.807, 2.05) is 32.0 Å². The largest absolute Gasteiger partial charge is 0.320 e. The van der Waals surface area contributed by atoms with E-state index in [-0.39, 0.29) is 5.91 Å². The maximum absolute atomic E-state index is 12.2. The summed E-state index contributed by atoms with van der Waals surface area (Å²) >= 11 is 0. The Kier molecular flexibility index (Phi) is 3.23. The van der Waals surface area contributed by atoms with Crippen LogP contribution < -0.4 is 10.6 Å². The monoisotopic (exact) mass is 271 g/mol. The number of aromatic nitrogens is 3. The van der Waals surface area contributed by atoms with Crippen molar-refractivity contribution in [2.75, 3.05) is 18.4 Å². The van der Waals surface area contributed by atoms with Gasteiger partial charge in [-0.3, -0.25) is 4.79 Å². The number of benzene rings is 1. The van der Waals surface area contributed by atoms with Crippen molar-refractivity contribution in [3.63, 3.8) is 0 Å². The average molecular weight is 271 g/mol. The van der Waals surface area contributed by atoms with Crippen LogP contribution in [0.25, 0.3) is 0 Å². The molecule has 1 aromatic heterocycles. The van der Waals surface area contributed by atoms with E-state index in [2.05, 4.69) is 20.9 Å². The van der Waals surface area contributed by atoms with E-state index in [4.69, 9.17) is 0 Å². The second kappa shape index (κ2) is 5.05. The first-order valence-electron chi connectivity index (χ1n) is 6.64. The number of hydrogen-bond donors (Lipinski definition) is 2. The van der Waals surface area contributed by atoms with Gasteiger partial charge in [0.25, 0.3) is 5.91 Å². The molecule has 0 saturated carbocycles. The Morgan fingerprint density at radius 1 is 1.40 bits per heavy atom. The third kappa shape index (κ3) is 2.42. The van der Waals surface area contributed by atoms with E-state index in [1.165, 1.54) is 5.56 Å². The van der Waals surface area contributed by atoms with Crippen molar-refractivity contribution in [1.82, 2.24) is 20.3 Å². The van der Waals surface area contributed by atoms with E-state index < -0.39 is 0 Å². The molecule has 104 valence electrons. The molecule has 0 bridgehead atoms. The first-order chi connectivity index (χ1) is 9.63. The molecule has 2 heterocycles. The topological polar surface area (TPSA) is 71.8 Å². The van der Waals surface area contributed by atoms with Gasteiger partial charge < -0.3 is 10.6 Å². The van der Waals surface area contributed by atoms with Crippen LogP contribution in [0.3, 0.4) is 0 Å². The molecule has 0 aliphatic carbocycles. The third-order valence-corrected chi connectivity index (χ3v) is 3.51. The van der Waals surface area contributed by atoms with E-state index in [1.54, 1.807) is 10.9 Å². The van der Waals surface area contributed by atoms with Gasteiger partial charge in [0.05, 0.1) is 12.2 Å². The zero-order valence-corrected chi connectivity index (χ0v) is 11.6. The molecule has 2 aromatic rings. The van der Waals surface area contributed by atoms with Crippen LogP contribution in [-0.2, 0) is 0 Å². The van der Waals surface area contributed by atoms with Crippen LogP contribution in [0.5, 0.6) is 0 Å². The van der Waals surface area contributed by atoms with Gasteiger partial charge in [0, 0.05) is 18.8 Å². The maximum atomic E-state index is 12.2. The van der Waals surface area contributed by atoms with Crippen molar-refractivity contribution in [1.29, 1.82) is 0 Å². The molecule has 1 amide bonds. The summed E-state index contributed by atoms with van der Waals surface area (Å²) in [5.74, 6) is -0.226. The Hall–Kier alpha value is -2.21. The highest BCUT2D eigenvalue weighted by molar-refractivity contribution is 6.03. The van der Waals surface area contributed by atoms with Crippen molar-refractivity contribution in [2.24, 2.45) is 0 Å². The minimum absolute atomic E-state index is 0.226. The predicted octanol–water partition coefficient (Wildman–Crippen LogP) is 1.29. The molecule has 0 radical (unpaired) electrons. The Bertz CT molecular complexity index is 645. The van der Waals surface area contributed by atoms with Crippen LogP contribution in [0, 0.1) is 13.8 Å². The highest BCUT2D eigenvalue weighted by atomic mass is 16.2. The van der Waals surface area contributed by atoms with E-state index in [0.717, 1.165) is 24.3 Å². The van der Waals surface area contributed by atoms with Gasteiger partial charge in [0.2, 0.25) is 0 Å². The second-order valence-corrected chi connectivity index (χ2v) is 5.17. The molecule has 0 spiro atoms. The summed E-state index contributed by atoms with van der Waals surface area (Å²) in [7, 11) is 0. The average Bonchev–Trinajstić information content (AvgIpc) is 2.80. The summed E-state index contributed by atoms with van der Waals surface area (Å²) in [6.07, 6.45) is 1.70. The summed E-state index contributed by atoms with van der Waals surface area (Å²) in [5, 5.41) is 14.0. The number of anilines is 1. The number of carbonyl (C=O) groups excluding carboxylic acids is 1. The van der Waals surface area contributed by atoms with Crippen LogP contribution in [0.4, 0.5) is 5.69 Å². The molecule has 1 aromatic carbocycles. The zero-order chi connectivity index (χ0) is 14.1. The minimum atomic E-state index is -0.226. The van der Waals surface area contributed by atoms with Gasteiger partial charge in [0.1, 0.15) is 0 Å². The zero-order valence-electron chi connectivity index (χ0n) is 11.6. The SMILES string of the molecule is Cc1ccc(NC(=O)c2cn(C3CNC3)nn2)c(C)c1. The van der Waals surface area contributed by atoms with Gasteiger partial charge in [-0.15, -0.1) is 5.10 Å². The number of nitrogens with one attached hydrogen (secondary N) is 2.